The molecule has 1 saturated heterocycles. The molecule has 0 atom stereocenters. The summed E-state index contributed by atoms with van der Waals surface area (Å²) in [6, 6.07) is 15.3. The molecule has 1 aliphatic heterocycles. The summed E-state index contributed by atoms with van der Waals surface area (Å²) in [5.74, 6) is 1.79. The lowest BCUT2D eigenvalue weighted by atomic mass is 10.2. The van der Waals surface area contributed by atoms with E-state index in [1.54, 1.807) is 12.1 Å². The van der Waals surface area contributed by atoms with E-state index in [0.717, 1.165) is 49.0 Å². The zero-order valence-electron chi connectivity index (χ0n) is 18.5. The molecule has 172 valence electrons. The number of halogens is 1. The number of carbonyl (C=O) groups excluding carboxylic acids is 1. The van der Waals surface area contributed by atoms with Crippen molar-refractivity contribution in [2.24, 2.45) is 5.92 Å². The fourth-order valence-corrected chi connectivity index (χ4v) is 4.28. The molecule has 0 unspecified atom stereocenters. The predicted octanol–water partition coefficient (Wildman–Crippen LogP) is 4.49. The summed E-state index contributed by atoms with van der Waals surface area (Å²) in [6.07, 6.45) is 3.46. The third-order valence-corrected chi connectivity index (χ3v) is 6.47. The van der Waals surface area contributed by atoms with Crippen LogP contribution in [-0.2, 0) is 11.2 Å². The van der Waals surface area contributed by atoms with Crippen molar-refractivity contribution in [1.29, 1.82) is 0 Å². The number of anilines is 2. The van der Waals surface area contributed by atoms with Gasteiger partial charge in [-0.1, -0.05) is 22.8 Å². The summed E-state index contributed by atoms with van der Waals surface area (Å²) in [6.45, 7) is 5.52. The molecular formula is C25H28ClN5O2. The van der Waals surface area contributed by atoms with Gasteiger partial charge < -0.3 is 14.7 Å². The van der Waals surface area contributed by atoms with Crippen LogP contribution in [0.25, 0.3) is 11.4 Å². The molecule has 1 amide bonds. The first-order valence-electron chi connectivity index (χ1n) is 11.6. The van der Waals surface area contributed by atoms with Crippen LogP contribution in [0.4, 0.5) is 11.4 Å². The Balaban J connectivity index is 1.11. The zero-order valence-corrected chi connectivity index (χ0v) is 19.3. The number of nitrogens with zero attached hydrogens (tertiary/aromatic N) is 4. The van der Waals surface area contributed by atoms with Gasteiger partial charge in [0, 0.05) is 67.5 Å². The molecule has 2 aromatic carbocycles. The van der Waals surface area contributed by atoms with Crippen LogP contribution in [0.1, 0.15) is 25.2 Å². The van der Waals surface area contributed by atoms with Crippen LogP contribution in [0, 0.1) is 5.92 Å². The van der Waals surface area contributed by atoms with Gasteiger partial charge >= 0.3 is 0 Å². The smallest absolute Gasteiger partial charge is 0.227 e. The van der Waals surface area contributed by atoms with Crippen molar-refractivity contribution in [3.63, 3.8) is 0 Å². The van der Waals surface area contributed by atoms with Gasteiger partial charge in [-0.3, -0.25) is 9.69 Å². The van der Waals surface area contributed by atoms with Crippen LogP contribution in [0.2, 0.25) is 5.02 Å². The first-order chi connectivity index (χ1) is 16.1. The molecule has 33 heavy (non-hydrogen) atoms. The lowest BCUT2D eigenvalue weighted by molar-refractivity contribution is -0.116. The van der Waals surface area contributed by atoms with Crippen LogP contribution in [0.5, 0.6) is 0 Å². The molecule has 5 rings (SSSR count). The molecule has 0 bridgehead atoms. The van der Waals surface area contributed by atoms with Crippen LogP contribution in [0.15, 0.2) is 53.1 Å². The van der Waals surface area contributed by atoms with Crippen molar-refractivity contribution < 1.29 is 9.32 Å². The molecule has 8 heteroatoms. The highest BCUT2D eigenvalue weighted by Gasteiger charge is 2.26. The van der Waals surface area contributed by atoms with Gasteiger partial charge in [-0.2, -0.15) is 4.98 Å². The summed E-state index contributed by atoms with van der Waals surface area (Å²) in [5.41, 5.74) is 2.79. The second kappa shape index (κ2) is 9.93. The zero-order chi connectivity index (χ0) is 22.6. The molecule has 2 aliphatic rings. The Bertz CT molecular complexity index is 1090. The maximum atomic E-state index is 12.5. The fourth-order valence-electron chi connectivity index (χ4n) is 4.15. The molecule has 2 heterocycles. The lowest BCUT2D eigenvalue weighted by Crippen LogP contribution is -2.47. The SMILES string of the molecule is O=C(CCc1nc(-c2ccc(Cl)cc2)no1)Nc1cccc(N2CCN(CC3CC3)CC2)c1. The van der Waals surface area contributed by atoms with Crippen molar-refractivity contribution in [3.8, 4) is 11.4 Å². The number of benzene rings is 2. The summed E-state index contributed by atoms with van der Waals surface area (Å²) >= 11 is 5.92. The quantitative estimate of drug-likeness (QED) is 0.528. The molecule has 0 spiro atoms. The van der Waals surface area contributed by atoms with Crippen molar-refractivity contribution in [3.05, 3.63) is 59.4 Å². The first-order valence-corrected chi connectivity index (χ1v) is 12.0. The standard InChI is InChI=1S/C25H28ClN5O2/c26-20-8-6-19(7-9-20)25-28-24(33-29-25)11-10-23(32)27-21-2-1-3-22(16-21)31-14-12-30(13-15-31)17-18-4-5-18/h1-3,6-9,16,18H,4-5,10-15,17H2,(H,27,32). The van der Waals surface area contributed by atoms with E-state index in [0.29, 0.717) is 23.2 Å². The number of carbonyl (C=O) groups is 1. The Kier molecular flexibility index (Phi) is 6.60. The highest BCUT2D eigenvalue weighted by molar-refractivity contribution is 6.30. The molecule has 1 N–H and O–H groups in total. The van der Waals surface area contributed by atoms with E-state index in [9.17, 15) is 4.79 Å². The van der Waals surface area contributed by atoms with Gasteiger partial charge in [0.1, 0.15) is 0 Å². The minimum Gasteiger partial charge on any atom is -0.369 e. The van der Waals surface area contributed by atoms with Gasteiger partial charge in [0.05, 0.1) is 0 Å². The minimum atomic E-state index is -0.0763. The van der Waals surface area contributed by atoms with Crippen molar-refractivity contribution in [1.82, 2.24) is 15.0 Å². The van der Waals surface area contributed by atoms with E-state index in [-0.39, 0.29) is 12.3 Å². The number of hydrogen-bond donors (Lipinski definition) is 1. The number of amides is 1. The Morgan fingerprint density at radius 3 is 2.64 bits per heavy atom. The van der Waals surface area contributed by atoms with Crippen LogP contribution in [-0.4, -0.2) is 53.7 Å². The summed E-state index contributed by atoms with van der Waals surface area (Å²) < 4.78 is 5.30. The van der Waals surface area contributed by atoms with Crippen molar-refractivity contribution in [2.45, 2.75) is 25.7 Å². The Morgan fingerprint density at radius 2 is 1.88 bits per heavy atom. The molecule has 1 aliphatic carbocycles. The molecule has 1 saturated carbocycles. The van der Waals surface area contributed by atoms with Gasteiger partial charge in [0.25, 0.3) is 0 Å². The van der Waals surface area contributed by atoms with E-state index < -0.39 is 0 Å². The van der Waals surface area contributed by atoms with Crippen LogP contribution < -0.4 is 10.2 Å². The van der Waals surface area contributed by atoms with Crippen LogP contribution >= 0.6 is 11.6 Å². The normalized spacial score (nSPS) is 16.7. The average molecular weight is 466 g/mol. The van der Waals surface area contributed by atoms with Gasteiger partial charge in [-0.25, -0.2) is 0 Å². The highest BCUT2D eigenvalue weighted by atomic mass is 35.5. The Labute approximate surface area is 198 Å². The largest absolute Gasteiger partial charge is 0.369 e. The number of piperazine rings is 1. The number of aromatic nitrogens is 2. The van der Waals surface area contributed by atoms with E-state index in [2.05, 4.69) is 37.4 Å². The van der Waals surface area contributed by atoms with E-state index in [1.807, 2.05) is 24.3 Å². The number of rotatable bonds is 8. The third-order valence-electron chi connectivity index (χ3n) is 6.22. The topological polar surface area (TPSA) is 74.5 Å². The van der Waals surface area contributed by atoms with Crippen molar-refractivity contribution in [2.75, 3.05) is 42.9 Å². The summed E-state index contributed by atoms with van der Waals surface area (Å²) in [5, 5.41) is 7.65. The molecule has 0 radical (unpaired) electrons. The van der Waals surface area contributed by atoms with E-state index >= 15 is 0 Å². The fraction of sp³-hybridized carbons (Fsp3) is 0.400. The molecular weight excluding hydrogens is 438 g/mol. The second-order valence-corrected chi connectivity index (χ2v) is 9.28. The van der Waals surface area contributed by atoms with Gasteiger partial charge in [-0.05, 0) is 61.2 Å². The van der Waals surface area contributed by atoms with Gasteiger partial charge in [0.15, 0.2) is 0 Å². The van der Waals surface area contributed by atoms with Crippen molar-refractivity contribution >= 4 is 28.9 Å². The third kappa shape index (κ3) is 5.92. The van der Waals surface area contributed by atoms with Gasteiger partial charge in [0.2, 0.25) is 17.6 Å². The highest BCUT2D eigenvalue weighted by Crippen LogP contribution is 2.30. The summed E-state index contributed by atoms with van der Waals surface area (Å²) in [7, 11) is 0. The first kappa shape index (κ1) is 21.9. The summed E-state index contributed by atoms with van der Waals surface area (Å²) in [4.78, 5) is 21.9. The monoisotopic (exact) mass is 465 g/mol. The van der Waals surface area contributed by atoms with Gasteiger partial charge in [-0.15, -0.1) is 0 Å². The molecule has 1 aromatic heterocycles. The second-order valence-electron chi connectivity index (χ2n) is 8.85. The van der Waals surface area contributed by atoms with E-state index in [1.165, 1.54) is 19.4 Å². The van der Waals surface area contributed by atoms with Crippen LogP contribution in [0.3, 0.4) is 0 Å². The number of hydrogen-bond acceptors (Lipinski definition) is 6. The van der Waals surface area contributed by atoms with E-state index in [4.69, 9.17) is 16.1 Å². The predicted molar refractivity (Wildman–Crippen MR) is 130 cm³/mol. The Morgan fingerprint density at radius 1 is 1.09 bits per heavy atom. The lowest BCUT2D eigenvalue weighted by Gasteiger charge is -2.36. The molecule has 3 aromatic rings. The average Bonchev–Trinajstić information content (AvgIpc) is 3.52. The molecule has 2 fully saturated rings. The maximum absolute atomic E-state index is 12.5. The minimum absolute atomic E-state index is 0.0763. The Hall–Kier alpha value is -2.90. The molecule has 7 nitrogen and oxygen atoms in total. The maximum Gasteiger partial charge on any atom is 0.227 e. The number of nitrogens with one attached hydrogen (secondary N) is 1. The number of aryl methyl sites for hydroxylation is 1.